The van der Waals surface area contributed by atoms with Crippen LogP contribution in [0.4, 0.5) is 0 Å². The van der Waals surface area contributed by atoms with E-state index < -0.39 is 16.0 Å². The Morgan fingerprint density at radius 3 is 2.52 bits per heavy atom. The Kier molecular flexibility index (Phi) is 7.05. The first-order chi connectivity index (χ1) is 9.84. The number of aromatic nitrogens is 1. The first-order valence-electron chi connectivity index (χ1n) is 6.53. The van der Waals surface area contributed by atoms with Crippen LogP contribution in [0.3, 0.4) is 0 Å². The molecule has 0 unspecified atom stereocenters. The molecule has 0 atom stereocenters. The molecule has 0 saturated carbocycles. The topological polar surface area (TPSA) is 76.6 Å². The molecule has 120 valence electrons. The average molecular weight is 355 g/mol. The van der Waals surface area contributed by atoms with Gasteiger partial charge in [0.1, 0.15) is 6.54 Å². The lowest BCUT2D eigenvalue weighted by Gasteiger charge is -2.24. The van der Waals surface area contributed by atoms with Crippen molar-refractivity contribution in [3.05, 3.63) is 10.7 Å². The molecule has 0 aliphatic rings. The number of methoxy groups -OCH3 is 1. The van der Waals surface area contributed by atoms with Crippen molar-refractivity contribution < 1.29 is 17.9 Å². The molecule has 0 aliphatic heterocycles. The minimum Gasteiger partial charge on any atom is -0.468 e. The summed E-state index contributed by atoms with van der Waals surface area (Å²) in [7, 11) is -2.57. The van der Waals surface area contributed by atoms with Crippen LogP contribution < -0.4 is 0 Å². The maximum Gasteiger partial charge on any atom is 0.321 e. The van der Waals surface area contributed by atoms with Crippen molar-refractivity contribution in [3.63, 3.8) is 0 Å². The Bertz CT molecular complexity index is 570. The fraction of sp³-hybridized carbons (Fsp3) is 0.667. The van der Waals surface area contributed by atoms with Crippen LogP contribution in [0.25, 0.3) is 0 Å². The number of rotatable bonds is 8. The molecule has 6 nitrogen and oxygen atoms in total. The van der Waals surface area contributed by atoms with Crippen molar-refractivity contribution >= 4 is 38.9 Å². The lowest BCUT2D eigenvalue weighted by Crippen LogP contribution is -2.39. The van der Waals surface area contributed by atoms with E-state index >= 15 is 0 Å². The molecule has 0 fully saturated rings. The molecule has 0 saturated heterocycles. The molecule has 1 aromatic rings. The molecule has 0 radical (unpaired) electrons. The van der Waals surface area contributed by atoms with Gasteiger partial charge in [-0.3, -0.25) is 4.79 Å². The Morgan fingerprint density at radius 1 is 1.48 bits per heavy atom. The SMILES string of the molecule is CCC(CC)CN(CC(=O)OC)S(=O)(=O)c1cnc(Cl)s1. The Balaban J connectivity index is 3.06. The number of ether oxygens (including phenoxy) is 1. The smallest absolute Gasteiger partial charge is 0.321 e. The van der Waals surface area contributed by atoms with Crippen LogP contribution in [0.15, 0.2) is 10.4 Å². The highest BCUT2D eigenvalue weighted by molar-refractivity contribution is 7.91. The Hall–Kier alpha value is -0.700. The maximum atomic E-state index is 12.6. The highest BCUT2D eigenvalue weighted by Gasteiger charge is 2.30. The molecule has 1 rings (SSSR count). The zero-order valence-corrected chi connectivity index (χ0v) is 14.6. The molecule has 0 amide bonds. The third kappa shape index (κ3) is 4.91. The molecular formula is C12H19ClN2O4S2. The third-order valence-corrected chi connectivity index (χ3v) is 6.56. The third-order valence-electron chi connectivity index (χ3n) is 3.20. The van der Waals surface area contributed by atoms with E-state index in [1.165, 1.54) is 13.3 Å². The van der Waals surface area contributed by atoms with E-state index in [4.69, 9.17) is 11.6 Å². The Morgan fingerprint density at radius 2 is 2.10 bits per heavy atom. The van der Waals surface area contributed by atoms with Gasteiger partial charge in [-0.2, -0.15) is 4.31 Å². The van der Waals surface area contributed by atoms with E-state index in [9.17, 15) is 13.2 Å². The van der Waals surface area contributed by atoms with Gasteiger partial charge in [0.25, 0.3) is 10.0 Å². The van der Waals surface area contributed by atoms with Gasteiger partial charge in [0, 0.05) is 6.54 Å². The molecule has 1 aromatic heterocycles. The molecule has 1 heterocycles. The van der Waals surface area contributed by atoms with Crippen LogP contribution >= 0.6 is 22.9 Å². The quantitative estimate of drug-likeness (QED) is 0.670. The number of esters is 1. The van der Waals surface area contributed by atoms with Gasteiger partial charge in [-0.15, -0.1) is 0 Å². The van der Waals surface area contributed by atoms with Crippen LogP contribution in [-0.2, 0) is 19.6 Å². The van der Waals surface area contributed by atoms with Gasteiger partial charge in [0.15, 0.2) is 8.68 Å². The highest BCUT2D eigenvalue weighted by atomic mass is 35.5. The van der Waals surface area contributed by atoms with Crippen LogP contribution in [0.2, 0.25) is 4.47 Å². The summed E-state index contributed by atoms with van der Waals surface area (Å²) in [5, 5.41) is 0. The zero-order valence-electron chi connectivity index (χ0n) is 12.2. The van der Waals surface area contributed by atoms with E-state index in [1.807, 2.05) is 13.8 Å². The second-order valence-corrected chi connectivity index (χ2v) is 8.27. The van der Waals surface area contributed by atoms with Crippen molar-refractivity contribution in [1.82, 2.24) is 9.29 Å². The molecule has 0 N–H and O–H groups in total. The van der Waals surface area contributed by atoms with Gasteiger partial charge >= 0.3 is 5.97 Å². The monoisotopic (exact) mass is 354 g/mol. The summed E-state index contributed by atoms with van der Waals surface area (Å²) in [6.45, 7) is 3.92. The number of halogens is 1. The summed E-state index contributed by atoms with van der Waals surface area (Å²) in [4.78, 5) is 15.2. The number of carbonyl (C=O) groups is 1. The molecule has 9 heteroatoms. The largest absolute Gasteiger partial charge is 0.468 e. The summed E-state index contributed by atoms with van der Waals surface area (Å²) in [6.07, 6.45) is 2.86. The van der Waals surface area contributed by atoms with E-state index in [0.29, 0.717) is 0 Å². The van der Waals surface area contributed by atoms with Crippen LogP contribution in [0.1, 0.15) is 26.7 Å². The number of nitrogens with zero attached hydrogens (tertiary/aromatic N) is 2. The van der Waals surface area contributed by atoms with Crippen LogP contribution in [0.5, 0.6) is 0 Å². The molecule has 21 heavy (non-hydrogen) atoms. The second-order valence-electron chi connectivity index (χ2n) is 4.49. The fourth-order valence-corrected chi connectivity index (χ4v) is 4.69. The highest BCUT2D eigenvalue weighted by Crippen LogP contribution is 2.26. The predicted molar refractivity (Wildman–Crippen MR) is 82.0 cm³/mol. The lowest BCUT2D eigenvalue weighted by atomic mass is 10.0. The van der Waals surface area contributed by atoms with Gasteiger partial charge in [0.05, 0.1) is 13.3 Å². The summed E-state index contributed by atoms with van der Waals surface area (Å²) >= 11 is 6.57. The first-order valence-corrected chi connectivity index (χ1v) is 9.16. The summed E-state index contributed by atoms with van der Waals surface area (Å²) in [5.74, 6) is -0.423. The van der Waals surface area contributed by atoms with Crippen molar-refractivity contribution in [1.29, 1.82) is 0 Å². The minimum atomic E-state index is -3.80. The van der Waals surface area contributed by atoms with E-state index in [1.54, 1.807) is 0 Å². The van der Waals surface area contributed by atoms with Crippen molar-refractivity contribution in [2.45, 2.75) is 30.9 Å². The number of sulfonamides is 1. The van der Waals surface area contributed by atoms with Gasteiger partial charge in [-0.1, -0.05) is 49.6 Å². The summed E-state index contributed by atoms with van der Waals surface area (Å²) < 4.78 is 31.1. The summed E-state index contributed by atoms with van der Waals surface area (Å²) in [6, 6.07) is 0. The average Bonchev–Trinajstić information content (AvgIpc) is 2.90. The van der Waals surface area contributed by atoms with Crippen LogP contribution in [-0.4, -0.2) is 43.9 Å². The standard InChI is InChI=1S/C12H19ClN2O4S2/c1-4-9(5-2)7-15(8-10(16)19-3)21(17,18)11-6-14-12(13)20-11/h6,9H,4-5,7-8H2,1-3H3. The predicted octanol–water partition coefficient (Wildman–Crippen LogP) is 2.40. The zero-order chi connectivity index (χ0) is 16.0. The van der Waals surface area contributed by atoms with Gasteiger partial charge < -0.3 is 4.74 Å². The first kappa shape index (κ1) is 18.3. The second kappa shape index (κ2) is 8.07. The number of hydrogen-bond acceptors (Lipinski definition) is 6. The van der Waals surface area contributed by atoms with E-state index in [-0.39, 0.29) is 27.7 Å². The van der Waals surface area contributed by atoms with Crippen molar-refractivity contribution in [2.75, 3.05) is 20.2 Å². The normalized spacial score (nSPS) is 12.1. The summed E-state index contributed by atoms with van der Waals surface area (Å²) in [5.41, 5.74) is 0. The molecule has 0 spiro atoms. The van der Waals surface area contributed by atoms with Crippen molar-refractivity contribution in [2.24, 2.45) is 5.92 Å². The lowest BCUT2D eigenvalue weighted by molar-refractivity contribution is -0.140. The number of carbonyl (C=O) groups excluding carboxylic acids is 1. The Labute approximate surface area is 134 Å². The number of thiazole rings is 1. The van der Waals surface area contributed by atoms with Gasteiger partial charge in [-0.25, -0.2) is 13.4 Å². The molecule has 0 aromatic carbocycles. The van der Waals surface area contributed by atoms with E-state index in [0.717, 1.165) is 28.5 Å². The van der Waals surface area contributed by atoms with E-state index in [2.05, 4.69) is 9.72 Å². The number of hydrogen-bond donors (Lipinski definition) is 0. The fourth-order valence-electron chi connectivity index (χ4n) is 1.78. The molecular weight excluding hydrogens is 336 g/mol. The van der Waals surface area contributed by atoms with Gasteiger partial charge in [-0.05, 0) is 5.92 Å². The van der Waals surface area contributed by atoms with Crippen LogP contribution in [0, 0.1) is 5.92 Å². The molecule has 0 aliphatic carbocycles. The van der Waals surface area contributed by atoms with Gasteiger partial charge in [0.2, 0.25) is 0 Å². The maximum absolute atomic E-state index is 12.6. The molecule has 0 bridgehead atoms. The van der Waals surface area contributed by atoms with Crippen molar-refractivity contribution in [3.8, 4) is 0 Å². The minimum absolute atomic E-state index is 0.0300.